The van der Waals surface area contributed by atoms with Gasteiger partial charge in [0.2, 0.25) is 0 Å². The molecule has 1 aliphatic rings. The van der Waals surface area contributed by atoms with E-state index in [0.717, 1.165) is 11.1 Å². The summed E-state index contributed by atoms with van der Waals surface area (Å²) in [4.78, 5) is 18.8. The maximum Gasteiger partial charge on any atom is 0.254 e. The van der Waals surface area contributed by atoms with Crippen molar-refractivity contribution in [3.05, 3.63) is 47.5 Å². The molecule has 0 aromatic heterocycles. The Morgan fingerprint density at radius 3 is 2.42 bits per heavy atom. The Bertz CT molecular complexity index is 635. The van der Waals surface area contributed by atoms with Crippen LogP contribution in [0.3, 0.4) is 0 Å². The van der Waals surface area contributed by atoms with Crippen molar-refractivity contribution in [1.29, 1.82) is 0 Å². The lowest BCUT2D eigenvalue weighted by atomic mass is 10.1. The van der Waals surface area contributed by atoms with Crippen LogP contribution in [-0.4, -0.2) is 48.6 Å². The van der Waals surface area contributed by atoms with Crippen molar-refractivity contribution in [3.63, 3.8) is 0 Å². The molecule has 1 saturated heterocycles. The average Bonchev–Trinajstić information content (AvgIpc) is 2.57. The van der Waals surface area contributed by atoms with Crippen molar-refractivity contribution in [2.45, 2.75) is 39.5 Å². The maximum absolute atomic E-state index is 12.6. The molecule has 2 unspecified atom stereocenters. The van der Waals surface area contributed by atoms with Gasteiger partial charge in [-0.05, 0) is 38.5 Å². The van der Waals surface area contributed by atoms with E-state index in [1.165, 1.54) is 0 Å². The second kappa shape index (κ2) is 10.5. The van der Waals surface area contributed by atoms with Crippen molar-refractivity contribution < 1.29 is 9.53 Å². The van der Waals surface area contributed by atoms with Crippen molar-refractivity contribution in [3.8, 4) is 0 Å². The molecule has 144 valence electrons. The first kappa shape index (κ1) is 22.4. The number of hydrogen-bond acceptors (Lipinski definition) is 3. The van der Waals surface area contributed by atoms with Gasteiger partial charge in [-0.3, -0.25) is 4.79 Å². The monoisotopic (exact) mass is 472 g/mol. The smallest absolute Gasteiger partial charge is 0.254 e. The minimum atomic E-state index is 0. The number of amides is 1. The number of carbonyl (C=O) groups is 1. The summed E-state index contributed by atoms with van der Waals surface area (Å²) < 4.78 is 5.68. The Morgan fingerprint density at radius 1 is 1.31 bits per heavy atom. The number of morpholine rings is 1. The molecule has 0 bridgehead atoms. The number of halogens is 1. The van der Waals surface area contributed by atoms with Gasteiger partial charge >= 0.3 is 0 Å². The zero-order chi connectivity index (χ0) is 18.4. The fourth-order valence-electron chi connectivity index (χ4n) is 2.75. The van der Waals surface area contributed by atoms with Crippen LogP contribution in [0.4, 0.5) is 0 Å². The van der Waals surface area contributed by atoms with E-state index in [-0.39, 0.29) is 42.1 Å². The molecule has 1 fully saturated rings. The molecule has 0 aliphatic carbocycles. The quantitative estimate of drug-likeness (QED) is 0.299. The summed E-state index contributed by atoms with van der Waals surface area (Å²) >= 11 is 0. The van der Waals surface area contributed by atoms with Crippen molar-refractivity contribution in [1.82, 2.24) is 10.2 Å². The van der Waals surface area contributed by atoms with Gasteiger partial charge < -0.3 is 20.7 Å². The van der Waals surface area contributed by atoms with E-state index in [2.05, 4.69) is 16.9 Å². The number of rotatable bonds is 5. The molecule has 6 nitrogen and oxygen atoms in total. The minimum absolute atomic E-state index is 0. The molecular weight excluding hydrogens is 443 g/mol. The largest absolute Gasteiger partial charge is 0.372 e. The van der Waals surface area contributed by atoms with E-state index in [9.17, 15) is 4.79 Å². The summed E-state index contributed by atoms with van der Waals surface area (Å²) in [6.07, 6.45) is 0.131. The molecule has 2 atom stereocenters. The molecule has 0 radical (unpaired) electrons. The molecule has 7 heteroatoms. The van der Waals surface area contributed by atoms with Gasteiger partial charge in [0.05, 0.1) is 18.8 Å². The number of nitrogens with one attached hydrogen (secondary N) is 1. The van der Waals surface area contributed by atoms with Crippen LogP contribution >= 0.6 is 24.0 Å². The second-order valence-electron chi connectivity index (χ2n) is 6.68. The van der Waals surface area contributed by atoms with Crippen molar-refractivity contribution >= 4 is 35.8 Å². The Labute approximate surface area is 172 Å². The topological polar surface area (TPSA) is 79.9 Å². The second-order valence-corrected chi connectivity index (χ2v) is 6.68. The van der Waals surface area contributed by atoms with Crippen LogP contribution in [0, 0.1) is 0 Å². The molecule has 1 aromatic carbocycles. The van der Waals surface area contributed by atoms with Crippen LogP contribution in [0.2, 0.25) is 0 Å². The number of benzene rings is 1. The van der Waals surface area contributed by atoms with E-state index in [0.29, 0.717) is 37.7 Å². The Kier molecular flexibility index (Phi) is 9.07. The first-order chi connectivity index (χ1) is 11.8. The van der Waals surface area contributed by atoms with Crippen LogP contribution < -0.4 is 11.1 Å². The minimum Gasteiger partial charge on any atom is -0.372 e. The first-order valence-electron chi connectivity index (χ1n) is 8.57. The third-order valence-corrected chi connectivity index (χ3v) is 3.91. The molecular formula is C19H29IN4O2. The number of guanidine groups is 1. The van der Waals surface area contributed by atoms with E-state index < -0.39 is 0 Å². The van der Waals surface area contributed by atoms with Gasteiger partial charge in [0.15, 0.2) is 5.96 Å². The van der Waals surface area contributed by atoms with Crippen LogP contribution in [-0.2, 0) is 11.3 Å². The zero-order valence-corrected chi connectivity index (χ0v) is 18.0. The molecule has 1 aliphatic heterocycles. The number of ether oxygens (including phenoxy) is 1. The van der Waals surface area contributed by atoms with Gasteiger partial charge in [0.1, 0.15) is 0 Å². The Hall–Kier alpha value is -1.61. The highest BCUT2D eigenvalue weighted by Crippen LogP contribution is 2.15. The first-order valence-corrected chi connectivity index (χ1v) is 8.57. The van der Waals surface area contributed by atoms with Gasteiger partial charge in [-0.25, -0.2) is 4.99 Å². The third kappa shape index (κ3) is 6.95. The van der Waals surface area contributed by atoms with E-state index in [1.807, 2.05) is 49.9 Å². The molecule has 3 N–H and O–H groups in total. The summed E-state index contributed by atoms with van der Waals surface area (Å²) in [5.41, 5.74) is 8.47. The molecule has 1 aromatic rings. The normalized spacial score (nSPS) is 20.3. The van der Waals surface area contributed by atoms with Crippen LogP contribution in [0.25, 0.3) is 0 Å². The summed E-state index contributed by atoms with van der Waals surface area (Å²) in [7, 11) is 0. The zero-order valence-electron chi connectivity index (χ0n) is 15.7. The van der Waals surface area contributed by atoms with Crippen molar-refractivity contribution in [2.75, 3.05) is 19.6 Å². The van der Waals surface area contributed by atoms with Crippen molar-refractivity contribution in [2.24, 2.45) is 10.7 Å². The molecule has 1 heterocycles. The molecule has 0 spiro atoms. The summed E-state index contributed by atoms with van der Waals surface area (Å²) in [6.45, 7) is 12.0. The van der Waals surface area contributed by atoms with Gasteiger partial charge in [-0.15, -0.1) is 24.0 Å². The van der Waals surface area contributed by atoms with Gasteiger partial charge in [0.25, 0.3) is 5.91 Å². The van der Waals surface area contributed by atoms with Crippen LogP contribution in [0.1, 0.15) is 36.7 Å². The highest BCUT2D eigenvalue weighted by Gasteiger charge is 2.26. The lowest BCUT2D eigenvalue weighted by Gasteiger charge is -2.35. The number of hydrogen-bond donors (Lipinski definition) is 2. The fraction of sp³-hybridized carbons (Fsp3) is 0.474. The molecule has 1 amide bonds. The van der Waals surface area contributed by atoms with Gasteiger partial charge in [-0.1, -0.05) is 24.3 Å². The third-order valence-electron chi connectivity index (χ3n) is 3.91. The highest BCUT2D eigenvalue weighted by atomic mass is 127. The lowest BCUT2D eigenvalue weighted by Crippen LogP contribution is -2.48. The Morgan fingerprint density at radius 2 is 1.88 bits per heavy atom. The van der Waals surface area contributed by atoms with E-state index in [4.69, 9.17) is 10.5 Å². The number of nitrogens with zero attached hydrogens (tertiary/aromatic N) is 2. The summed E-state index contributed by atoms with van der Waals surface area (Å²) in [5, 5.41) is 2.99. The SMILES string of the molecule is C=C(C)CNC(N)=NCc1ccc(C(=O)N2CC(C)OC(C)C2)cc1.I. The number of aliphatic imine (C=N–C) groups is 1. The Balaban J connectivity index is 0.00000338. The predicted molar refractivity (Wildman–Crippen MR) is 116 cm³/mol. The summed E-state index contributed by atoms with van der Waals surface area (Å²) in [5.74, 6) is 0.430. The molecule has 2 rings (SSSR count). The van der Waals surface area contributed by atoms with E-state index in [1.54, 1.807) is 0 Å². The predicted octanol–water partition coefficient (Wildman–Crippen LogP) is 2.53. The number of nitrogens with two attached hydrogens (primary N) is 1. The van der Waals surface area contributed by atoms with Crippen LogP contribution in [0.15, 0.2) is 41.4 Å². The highest BCUT2D eigenvalue weighted by molar-refractivity contribution is 14.0. The van der Waals surface area contributed by atoms with Gasteiger partial charge in [-0.2, -0.15) is 0 Å². The summed E-state index contributed by atoms with van der Waals surface area (Å²) in [6, 6.07) is 7.51. The van der Waals surface area contributed by atoms with Gasteiger partial charge in [0, 0.05) is 25.2 Å². The van der Waals surface area contributed by atoms with E-state index >= 15 is 0 Å². The van der Waals surface area contributed by atoms with Crippen LogP contribution in [0.5, 0.6) is 0 Å². The lowest BCUT2D eigenvalue weighted by molar-refractivity contribution is -0.0586. The average molecular weight is 472 g/mol. The standard InChI is InChI=1S/C19H28N4O2.HI/c1-13(2)9-21-19(20)22-10-16-5-7-17(8-6-16)18(24)23-11-14(3)25-15(4)12-23;/h5-8,14-15H,1,9-12H2,2-4H3,(H3,20,21,22);1H. The molecule has 26 heavy (non-hydrogen) atoms. The fourth-order valence-corrected chi connectivity index (χ4v) is 2.75. The number of carbonyl (C=O) groups excluding carboxylic acids is 1. The molecule has 0 saturated carbocycles. The maximum atomic E-state index is 12.6.